The fourth-order valence-corrected chi connectivity index (χ4v) is 0.448. The molecule has 0 fully saturated rings. The molecule has 0 aliphatic carbocycles. The van der Waals surface area contributed by atoms with Crippen LogP contribution >= 0.6 is 0 Å². The predicted octanol–water partition coefficient (Wildman–Crippen LogP) is -1.26. The summed E-state index contributed by atoms with van der Waals surface area (Å²) in [5.41, 5.74) is 4.44. The van der Waals surface area contributed by atoms with Crippen molar-refractivity contribution in [1.29, 1.82) is 0 Å². The molecule has 9 heavy (non-hydrogen) atoms. The van der Waals surface area contributed by atoms with Crippen molar-refractivity contribution in [3.63, 3.8) is 0 Å². The monoisotopic (exact) mass is 126 g/mol. The number of nitrogen functional groups attached to an aromatic ring is 1. The SMILES string of the molecule is Nc1c([C]=O)[nH][nH]c1=O. The van der Waals surface area contributed by atoms with Gasteiger partial charge in [0.15, 0.2) is 0 Å². The summed E-state index contributed by atoms with van der Waals surface area (Å²) in [6, 6.07) is 0. The van der Waals surface area contributed by atoms with Crippen molar-refractivity contribution in [1.82, 2.24) is 10.2 Å². The molecule has 0 saturated carbocycles. The molecular weight excluding hydrogens is 122 g/mol. The molecule has 47 valence electrons. The zero-order valence-corrected chi connectivity index (χ0v) is 4.39. The van der Waals surface area contributed by atoms with E-state index in [1.807, 2.05) is 0 Å². The molecule has 0 aliphatic rings. The summed E-state index contributed by atoms with van der Waals surface area (Å²) in [6.45, 7) is 0. The highest BCUT2D eigenvalue weighted by molar-refractivity contribution is 5.79. The van der Waals surface area contributed by atoms with Gasteiger partial charge in [0.2, 0.25) is 0 Å². The summed E-state index contributed by atoms with van der Waals surface area (Å²) < 4.78 is 0. The Bertz CT molecular complexity index is 272. The van der Waals surface area contributed by atoms with Gasteiger partial charge in [0.05, 0.1) is 0 Å². The Balaban J connectivity index is 3.35. The fourth-order valence-electron chi connectivity index (χ4n) is 0.448. The second kappa shape index (κ2) is 1.77. The van der Waals surface area contributed by atoms with Gasteiger partial charge in [-0.15, -0.1) is 0 Å². The molecule has 1 heterocycles. The van der Waals surface area contributed by atoms with Crippen LogP contribution in [0.15, 0.2) is 4.79 Å². The van der Waals surface area contributed by atoms with Crippen molar-refractivity contribution < 1.29 is 4.79 Å². The van der Waals surface area contributed by atoms with Gasteiger partial charge < -0.3 is 5.73 Å². The molecule has 1 aromatic rings. The Morgan fingerprint density at radius 3 is 2.33 bits per heavy atom. The summed E-state index contributed by atoms with van der Waals surface area (Å²) in [5.74, 6) is 0. The number of hydrogen-bond acceptors (Lipinski definition) is 3. The number of H-pyrrole nitrogens is 2. The Morgan fingerprint density at radius 1 is 1.44 bits per heavy atom. The molecular formula is C4H4N3O2. The molecule has 0 bridgehead atoms. The van der Waals surface area contributed by atoms with Crippen molar-refractivity contribution in [2.45, 2.75) is 0 Å². The van der Waals surface area contributed by atoms with Crippen LogP contribution in [0.2, 0.25) is 0 Å². The zero-order valence-electron chi connectivity index (χ0n) is 4.39. The number of hydrogen-bond donors (Lipinski definition) is 3. The Hall–Kier alpha value is -1.52. The van der Waals surface area contributed by atoms with Crippen LogP contribution in [0.3, 0.4) is 0 Å². The van der Waals surface area contributed by atoms with Gasteiger partial charge in [0.1, 0.15) is 11.4 Å². The summed E-state index contributed by atoms with van der Waals surface area (Å²) >= 11 is 0. The Morgan fingerprint density at radius 2 is 2.11 bits per heavy atom. The zero-order chi connectivity index (χ0) is 6.85. The first-order chi connectivity index (χ1) is 4.25. The summed E-state index contributed by atoms with van der Waals surface area (Å²) in [4.78, 5) is 20.3. The standard InChI is InChI=1S/C4H4N3O2/c5-3-2(1-8)6-7-4(3)9/h5H2,(H2,6,7,9). The van der Waals surface area contributed by atoms with E-state index < -0.39 is 5.56 Å². The molecule has 4 N–H and O–H groups in total. The van der Waals surface area contributed by atoms with E-state index in [-0.39, 0.29) is 11.4 Å². The van der Waals surface area contributed by atoms with E-state index in [2.05, 4.69) is 10.2 Å². The third kappa shape index (κ3) is 0.716. The number of rotatable bonds is 1. The van der Waals surface area contributed by atoms with Crippen molar-refractivity contribution in [3.05, 3.63) is 16.0 Å². The van der Waals surface area contributed by atoms with Crippen LogP contribution in [0, 0.1) is 0 Å². The Kier molecular flexibility index (Phi) is 1.11. The number of nitrogens with one attached hydrogen (secondary N) is 2. The van der Waals surface area contributed by atoms with E-state index in [4.69, 9.17) is 5.73 Å². The van der Waals surface area contributed by atoms with E-state index in [0.717, 1.165) is 0 Å². The lowest BCUT2D eigenvalue weighted by Gasteiger charge is -1.77. The molecule has 1 radical (unpaired) electrons. The number of aromatic nitrogens is 2. The molecule has 0 spiro atoms. The van der Waals surface area contributed by atoms with Crippen LogP contribution < -0.4 is 11.3 Å². The lowest BCUT2D eigenvalue weighted by atomic mass is 10.4. The highest BCUT2D eigenvalue weighted by Gasteiger charge is 2.02. The molecule has 1 aromatic heterocycles. The molecule has 0 atom stereocenters. The van der Waals surface area contributed by atoms with Crippen LogP contribution in [-0.2, 0) is 4.79 Å². The predicted molar refractivity (Wildman–Crippen MR) is 30.6 cm³/mol. The van der Waals surface area contributed by atoms with Crippen LogP contribution in [0.4, 0.5) is 5.69 Å². The highest BCUT2D eigenvalue weighted by Crippen LogP contribution is 1.93. The second-order valence-corrected chi connectivity index (χ2v) is 1.47. The number of aromatic amines is 2. The normalized spacial score (nSPS) is 9.33. The van der Waals surface area contributed by atoms with Gasteiger partial charge >= 0.3 is 0 Å². The van der Waals surface area contributed by atoms with E-state index >= 15 is 0 Å². The number of carbonyl (C=O) groups excluding carboxylic acids is 1. The lowest BCUT2D eigenvalue weighted by molar-refractivity contribution is 0.561. The molecule has 5 nitrogen and oxygen atoms in total. The molecule has 0 unspecified atom stereocenters. The fraction of sp³-hybridized carbons (Fsp3) is 0. The minimum absolute atomic E-state index is 0.0278. The van der Waals surface area contributed by atoms with Gasteiger partial charge in [-0.25, -0.2) is 0 Å². The van der Waals surface area contributed by atoms with Crippen LogP contribution in [-0.4, -0.2) is 16.5 Å². The highest BCUT2D eigenvalue weighted by atomic mass is 16.1. The lowest BCUT2D eigenvalue weighted by Crippen LogP contribution is -2.05. The third-order valence-electron chi connectivity index (χ3n) is 0.917. The van der Waals surface area contributed by atoms with Crippen molar-refractivity contribution in [3.8, 4) is 0 Å². The van der Waals surface area contributed by atoms with E-state index in [9.17, 15) is 9.59 Å². The average Bonchev–Trinajstić information content (AvgIpc) is 2.15. The largest absolute Gasteiger partial charge is 0.392 e. The molecule has 1 rings (SSSR count). The van der Waals surface area contributed by atoms with E-state index in [0.29, 0.717) is 0 Å². The quantitative estimate of drug-likeness (QED) is 0.438. The maximum Gasteiger partial charge on any atom is 0.287 e. The maximum atomic E-state index is 10.4. The van der Waals surface area contributed by atoms with Crippen LogP contribution in [0.25, 0.3) is 0 Å². The number of nitrogens with two attached hydrogens (primary N) is 1. The van der Waals surface area contributed by atoms with Gasteiger partial charge in [-0.05, 0) is 0 Å². The van der Waals surface area contributed by atoms with Gasteiger partial charge in [-0.2, -0.15) is 0 Å². The minimum atomic E-state index is -0.492. The molecule has 5 heteroatoms. The molecule has 0 saturated heterocycles. The van der Waals surface area contributed by atoms with Crippen molar-refractivity contribution in [2.24, 2.45) is 0 Å². The molecule has 0 aromatic carbocycles. The maximum absolute atomic E-state index is 10.4. The van der Waals surface area contributed by atoms with Crippen molar-refractivity contribution in [2.75, 3.05) is 5.73 Å². The van der Waals surface area contributed by atoms with Crippen molar-refractivity contribution >= 4 is 12.0 Å². The van der Waals surface area contributed by atoms with Gasteiger partial charge in [0, 0.05) is 0 Å². The first-order valence-corrected chi connectivity index (χ1v) is 2.20. The summed E-state index contributed by atoms with van der Waals surface area (Å²) in [5, 5.41) is 4.36. The second-order valence-electron chi connectivity index (χ2n) is 1.47. The van der Waals surface area contributed by atoms with Gasteiger partial charge in [0.25, 0.3) is 11.8 Å². The van der Waals surface area contributed by atoms with E-state index in [1.54, 1.807) is 0 Å². The van der Waals surface area contributed by atoms with Gasteiger partial charge in [-0.1, -0.05) is 0 Å². The first kappa shape index (κ1) is 5.61. The molecule has 0 aliphatic heterocycles. The smallest absolute Gasteiger partial charge is 0.287 e. The topological polar surface area (TPSA) is 91.7 Å². The Labute approximate surface area is 49.9 Å². The molecule has 0 amide bonds. The summed E-state index contributed by atoms with van der Waals surface area (Å²) in [6.07, 6.45) is 1.45. The summed E-state index contributed by atoms with van der Waals surface area (Å²) in [7, 11) is 0. The van der Waals surface area contributed by atoms with Gasteiger partial charge in [-0.3, -0.25) is 19.8 Å². The van der Waals surface area contributed by atoms with Crippen LogP contribution in [0.5, 0.6) is 0 Å². The minimum Gasteiger partial charge on any atom is -0.392 e. The van der Waals surface area contributed by atoms with E-state index in [1.165, 1.54) is 6.29 Å². The number of anilines is 1. The third-order valence-corrected chi connectivity index (χ3v) is 0.917. The average molecular weight is 126 g/mol. The van der Waals surface area contributed by atoms with Crippen LogP contribution in [0.1, 0.15) is 5.69 Å². The first-order valence-electron chi connectivity index (χ1n) is 2.20.